The molecule has 1 aromatic heterocycles. The van der Waals surface area contributed by atoms with E-state index in [2.05, 4.69) is 24.0 Å². The first-order valence-corrected chi connectivity index (χ1v) is 8.63. The lowest BCUT2D eigenvalue weighted by Gasteiger charge is -2.24. The van der Waals surface area contributed by atoms with Gasteiger partial charge in [-0.3, -0.25) is 4.79 Å². The third-order valence-electron chi connectivity index (χ3n) is 4.68. The van der Waals surface area contributed by atoms with E-state index >= 15 is 0 Å². The van der Waals surface area contributed by atoms with Crippen LogP contribution in [0.4, 0.5) is 5.82 Å². The molecular formula is C19H24N4O2. The maximum absolute atomic E-state index is 12.6. The first-order valence-electron chi connectivity index (χ1n) is 8.63. The molecule has 2 heterocycles. The Morgan fingerprint density at radius 3 is 2.80 bits per heavy atom. The largest absolute Gasteiger partial charge is 0.493 e. The number of likely N-dealkylation sites (tertiary alicyclic amines) is 1. The highest BCUT2D eigenvalue weighted by Gasteiger charge is 2.30. The minimum Gasteiger partial charge on any atom is -0.493 e. The molecule has 25 heavy (non-hydrogen) atoms. The summed E-state index contributed by atoms with van der Waals surface area (Å²) in [7, 11) is 0. The van der Waals surface area contributed by atoms with Crippen molar-refractivity contribution in [2.24, 2.45) is 0 Å². The van der Waals surface area contributed by atoms with E-state index in [-0.39, 0.29) is 11.9 Å². The topological polar surface area (TPSA) is 81.3 Å². The predicted molar refractivity (Wildman–Crippen MR) is 96.2 cm³/mol. The van der Waals surface area contributed by atoms with Crippen LogP contribution in [0.25, 0.3) is 0 Å². The number of carbonyl (C=O) groups is 1. The van der Waals surface area contributed by atoms with Gasteiger partial charge in [-0.25, -0.2) is 0 Å². The van der Waals surface area contributed by atoms with Crippen LogP contribution in [0.3, 0.4) is 0 Å². The molecule has 1 amide bonds. The monoisotopic (exact) mass is 340 g/mol. The van der Waals surface area contributed by atoms with Crippen molar-refractivity contribution in [1.82, 2.24) is 15.1 Å². The number of nitrogen functional groups attached to an aromatic ring is 1. The molecule has 1 aromatic carbocycles. The standard InChI is InChI=1S/C19H24N4O2/c1-13-5-6-15(12-14(13)2)25-11-9-19(24)23-10-3-4-17(23)16-7-8-18(20)22-21-16/h5-8,12,17H,3-4,9-11H2,1-2H3,(H2,20,22). The van der Waals surface area contributed by atoms with Gasteiger partial charge in [-0.1, -0.05) is 6.07 Å². The van der Waals surface area contributed by atoms with Gasteiger partial charge >= 0.3 is 0 Å². The Morgan fingerprint density at radius 2 is 2.08 bits per heavy atom. The summed E-state index contributed by atoms with van der Waals surface area (Å²) in [5.74, 6) is 1.28. The van der Waals surface area contributed by atoms with Crippen molar-refractivity contribution in [2.45, 2.75) is 39.2 Å². The number of nitrogens with zero attached hydrogens (tertiary/aromatic N) is 3. The van der Waals surface area contributed by atoms with Gasteiger partial charge in [-0.2, -0.15) is 5.10 Å². The summed E-state index contributed by atoms with van der Waals surface area (Å²) in [6.07, 6.45) is 2.23. The average Bonchev–Trinajstić information content (AvgIpc) is 3.08. The molecule has 6 nitrogen and oxygen atoms in total. The highest BCUT2D eigenvalue weighted by Crippen LogP contribution is 2.31. The molecular weight excluding hydrogens is 316 g/mol. The number of hydrogen-bond acceptors (Lipinski definition) is 5. The number of benzene rings is 1. The first kappa shape index (κ1) is 17.2. The fraction of sp³-hybridized carbons (Fsp3) is 0.421. The third kappa shape index (κ3) is 4.07. The number of nitrogens with two attached hydrogens (primary N) is 1. The van der Waals surface area contributed by atoms with Gasteiger partial charge in [0.1, 0.15) is 11.6 Å². The SMILES string of the molecule is Cc1ccc(OCCC(=O)N2CCCC2c2ccc(N)nn2)cc1C. The van der Waals surface area contributed by atoms with E-state index in [0.717, 1.165) is 30.8 Å². The number of rotatable bonds is 5. The second kappa shape index (κ2) is 7.51. The fourth-order valence-corrected chi connectivity index (χ4v) is 3.11. The molecule has 132 valence electrons. The molecule has 0 aliphatic carbocycles. The summed E-state index contributed by atoms with van der Waals surface area (Å²) >= 11 is 0. The van der Waals surface area contributed by atoms with Crippen molar-refractivity contribution in [3.05, 3.63) is 47.2 Å². The lowest BCUT2D eigenvalue weighted by atomic mass is 10.1. The van der Waals surface area contributed by atoms with Crippen LogP contribution in [-0.4, -0.2) is 34.2 Å². The molecule has 0 spiro atoms. The Balaban J connectivity index is 1.56. The molecule has 1 atom stereocenters. The number of amides is 1. The summed E-state index contributed by atoms with van der Waals surface area (Å²) in [6.45, 7) is 5.24. The van der Waals surface area contributed by atoms with E-state index in [1.807, 2.05) is 29.2 Å². The van der Waals surface area contributed by atoms with E-state index in [1.54, 1.807) is 6.07 Å². The maximum Gasteiger partial charge on any atom is 0.226 e. The Morgan fingerprint density at radius 1 is 1.24 bits per heavy atom. The molecule has 1 aliphatic rings. The molecule has 1 aliphatic heterocycles. The molecule has 1 fully saturated rings. The molecule has 1 saturated heterocycles. The van der Waals surface area contributed by atoms with Gasteiger partial charge < -0.3 is 15.4 Å². The molecule has 0 saturated carbocycles. The van der Waals surface area contributed by atoms with Gasteiger partial charge in [0.25, 0.3) is 0 Å². The maximum atomic E-state index is 12.6. The Bertz CT molecular complexity index is 746. The first-order chi connectivity index (χ1) is 12.0. The minimum absolute atomic E-state index is 0.0118. The zero-order valence-electron chi connectivity index (χ0n) is 14.7. The number of anilines is 1. The highest BCUT2D eigenvalue weighted by atomic mass is 16.5. The van der Waals surface area contributed by atoms with Crippen LogP contribution >= 0.6 is 0 Å². The van der Waals surface area contributed by atoms with Gasteiger partial charge in [0, 0.05) is 6.54 Å². The normalized spacial score (nSPS) is 16.9. The number of aromatic nitrogens is 2. The molecule has 2 N–H and O–H groups in total. The number of hydrogen-bond donors (Lipinski definition) is 1. The zero-order chi connectivity index (χ0) is 17.8. The van der Waals surface area contributed by atoms with Crippen molar-refractivity contribution in [3.63, 3.8) is 0 Å². The molecule has 3 rings (SSSR count). The van der Waals surface area contributed by atoms with Crippen LogP contribution in [0, 0.1) is 13.8 Å². The van der Waals surface area contributed by atoms with Gasteiger partial charge in [-0.15, -0.1) is 5.10 Å². The molecule has 0 radical (unpaired) electrons. The van der Waals surface area contributed by atoms with Gasteiger partial charge in [0.05, 0.1) is 24.8 Å². The van der Waals surface area contributed by atoms with Crippen molar-refractivity contribution in [2.75, 3.05) is 18.9 Å². The second-order valence-electron chi connectivity index (χ2n) is 6.47. The summed E-state index contributed by atoms with van der Waals surface area (Å²) in [4.78, 5) is 14.5. The lowest BCUT2D eigenvalue weighted by molar-refractivity contribution is -0.132. The van der Waals surface area contributed by atoms with Crippen LogP contribution in [0.2, 0.25) is 0 Å². The van der Waals surface area contributed by atoms with Crippen LogP contribution in [0.15, 0.2) is 30.3 Å². The van der Waals surface area contributed by atoms with Crippen LogP contribution in [0.1, 0.15) is 42.1 Å². The van der Waals surface area contributed by atoms with Gasteiger partial charge in [0.2, 0.25) is 5.91 Å². The van der Waals surface area contributed by atoms with E-state index in [0.29, 0.717) is 18.8 Å². The molecule has 0 bridgehead atoms. The van der Waals surface area contributed by atoms with E-state index in [1.165, 1.54) is 11.1 Å². The van der Waals surface area contributed by atoms with Crippen LogP contribution < -0.4 is 10.5 Å². The highest BCUT2D eigenvalue weighted by molar-refractivity contribution is 5.77. The molecule has 2 aromatic rings. The quantitative estimate of drug-likeness (QED) is 0.905. The Hall–Kier alpha value is -2.63. The number of ether oxygens (including phenoxy) is 1. The summed E-state index contributed by atoms with van der Waals surface area (Å²) in [5, 5.41) is 8.04. The van der Waals surface area contributed by atoms with Gasteiger partial charge in [-0.05, 0) is 62.1 Å². The van der Waals surface area contributed by atoms with Crippen molar-refractivity contribution in [1.29, 1.82) is 0 Å². The summed E-state index contributed by atoms with van der Waals surface area (Å²) in [5.41, 5.74) is 8.81. The Labute approximate surface area is 148 Å². The van der Waals surface area contributed by atoms with Crippen LogP contribution in [-0.2, 0) is 4.79 Å². The third-order valence-corrected chi connectivity index (χ3v) is 4.68. The zero-order valence-corrected chi connectivity index (χ0v) is 14.7. The van der Waals surface area contributed by atoms with Gasteiger partial charge in [0.15, 0.2) is 0 Å². The van der Waals surface area contributed by atoms with Crippen molar-refractivity contribution >= 4 is 11.7 Å². The Kier molecular flexibility index (Phi) is 5.16. The van der Waals surface area contributed by atoms with Crippen molar-refractivity contribution < 1.29 is 9.53 Å². The summed E-state index contributed by atoms with van der Waals surface area (Å²) in [6, 6.07) is 9.54. The predicted octanol–water partition coefficient (Wildman–Crippen LogP) is 2.81. The van der Waals surface area contributed by atoms with Crippen molar-refractivity contribution in [3.8, 4) is 5.75 Å². The number of aryl methyl sites for hydroxylation is 2. The number of carbonyl (C=O) groups excluding carboxylic acids is 1. The fourth-order valence-electron chi connectivity index (χ4n) is 3.11. The smallest absolute Gasteiger partial charge is 0.226 e. The lowest BCUT2D eigenvalue weighted by Crippen LogP contribution is -2.32. The van der Waals surface area contributed by atoms with E-state index in [4.69, 9.17) is 10.5 Å². The van der Waals surface area contributed by atoms with E-state index < -0.39 is 0 Å². The van der Waals surface area contributed by atoms with Crippen LogP contribution in [0.5, 0.6) is 5.75 Å². The second-order valence-corrected chi connectivity index (χ2v) is 6.47. The summed E-state index contributed by atoms with van der Waals surface area (Å²) < 4.78 is 5.74. The molecule has 1 unspecified atom stereocenters. The van der Waals surface area contributed by atoms with E-state index in [9.17, 15) is 4.79 Å². The molecule has 6 heteroatoms. The minimum atomic E-state index is -0.0118. The average molecular weight is 340 g/mol.